The average Bonchev–Trinajstić information content (AvgIpc) is 3.60. The Kier molecular flexibility index (Phi) is 6.84. The van der Waals surface area contributed by atoms with Gasteiger partial charge in [0.05, 0.1) is 28.7 Å². The zero-order chi connectivity index (χ0) is 26.3. The summed E-state index contributed by atoms with van der Waals surface area (Å²) in [6.45, 7) is 9.62. The van der Waals surface area contributed by atoms with Gasteiger partial charge in [-0.2, -0.15) is 0 Å². The van der Waals surface area contributed by atoms with E-state index in [0.29, 0.717) is 11.9 Å². The molecule has 0 radical (unpaired) electrons. The van der Waals surface area contributed by atoms with Crippen molar-refractivity contribution in [3.05, 3.63) is 49.6 Å². The number of para-hydroxylation sites is 1. The van der Waals surface area contributed by atoms with Crippen LogP contribution < -0.4 is 0 Å². The van der Waals surface area contributed by atoms with E-state index < -0.39 is 28.6 Å². The van der Waals surface area contributed by atoms with Gasteiger partial charge < -0.3 is 19.6 Å². The third-order valence-electron chi connectivity index (χ3n) is 7.82. The van der Waals surface area contributed by atoms with Crippen LogP contribution in [0.15, 0.2) is 49.6 Å². The number of hydrogen-bond donors (Lipinski definition) is 1. The molecule has 10 nitrogen and oxygen atoms in total. The van der Waals surface area contributed by atoms with E-state index in [1.54, 1.807) is 27.4 Å². The number of aromatic nitrogens is 3. The van der Waals surface area contributed by atoms with Crippen molar-refractivity contribution in [1.29, 1.82) is 0 Å². The molecule has 1 aromatic carbocycles. The Bertz CT molecular complexity index is 1250. The van der Waals surface area contributed by atoms with Gasteiger partial charge in [-0.15, -0.1) is 23.4 Å². The van der Waals surface area contributed by atoms with Gasteiger partial charge in [-0.05, 0) is 24.5 Å². The third-order valence-corrected chi connectivity index (χ3v) is 9.90. The molecule has 5 rings (SSSR count). The fourth-order valence-corrected chi connectivity index (χ4v) is 8.79. The zero-order valence-corrected chi connectivity index (χ0v) is 21.5. The number of hydrogen-bond acceptors (Lipinski definition) is 8. The smallest absolute Gasteiger partial charge is 0.311 e. The van der Waals surface area contributed by atoms with Crippen LogP contribution in [-0.2, 0) is 25.8 Å². The number of carbonyl (C=O) groups excluding carboxylic acids is 3. The average molecular weight is 526 g/mol. The SMILES string of the molecule is C=CCOC(=O)[C@@H]1[C@@H]2CC(C)C3(S2)C(C(=O)N(CC=C)Cn2nnc4ccccc42)N(CCO)C(=O)[C@H]13. The molecule has 4 heterocycles. The Morgan fingerprint density at radius 2 is 2.11 bits per heavy atom. The van der Waals surface area contributed by atoms with Gasteiger partial charge in [0.1, 0.15) is 24.8 Å². The van der Waals surface area contributed by atoms with Gasteiger partial charge in [0.2, 0.25) is 11.8 Å². The lowest BCUT2D eigenvalue weighted by atomic mass is 9.66. The van der Waals surface area contributed by atoms with Crippen molar-refractivity contribution in [3.63, 3.8) is 0 Å². The Labute approximate surface area is 219 Å². The standard InChI is InChI=1S/C26H31N5O5S/c1-4-10-29(15-31-18-9-7-6-8-17(18)27-28-31)24(34)22-26-16(3)14-19(37-26)20(25(35)36-13-5-2)21(26)23(33)30(22)11-12-32/h4-9,16,19-22,32H,1-2,10-15H2,3H3/t16?,19-,20+,21-,22?,26?/m0/s1. The minimum atomic E-state index is -0.839. The maximum Gasteiger partial charge on any atom is 0.311 e. The summed E-state index contributed by atoms with van der Waals surface area (Å²) >= 11 is 1.56. The number of nitrogens with zero attached hydrogens (tertiary/aromatic N) is 5. The van der Waals surface area contributed by atoms with Crippen LogP contribution in [0.4, 0.5) is 0 Å². The number of fused-ring (bicyclic) bond motifs is 2. The molecule has 3 saturated heterocycles. The summed E-state index contributed by atoms with van der Waals surface area (Å²) in [6, 6.07) is 6.64. The normalized spacial score (nSPS) is 29.9. The molecule has 1 aromatic heterocycles. The number of carbonyl (C=O) groups is 3. The molecule has 3 unspecified atom stereocenters. The Hall–Kier alpha value is -3.18. The lowest BCUT2D eigenvalue weighted by Gasteiger charge is -2.40. The fourth-order valence-electron chi connectivity index (χ4n) is 6.38. The molecule has 1 N–H and O–H groups in total. The zero-order valence-electron chi connectivity index (χ0n) is 20.7. The monoisotopic (exact) mass is 525 g/mol. The largest absolute Gasteiger partial charge is 0.461 e. The number of likely N-dealkylation sites (tertiary alicyclic amines) is 1. The molecule has 3 aliphatic rings. The molecule has 0 aliphatic carbocycles. The molecule has 37 heavy (non-hydrogen) atoms. The Balaban J connectivity index is 1.52. The highest BCUT2D eigenvalue weighted by Gasteiger charge is 2.76. The molecule has 1 spiro atoms. The van der Waals surface area contributed by atoms with Crippen molar-refractivity contribution >= 4 is 40.6 Å². The second-order valence-corrected chi connectivity index (χ2v) is 11.3. The molecule has 6 atom stereocenters. The number of rotatable bonds is 10. The molecule has 2 amide bonds. The summed E-state index contributed by atoms with van der Waals surface area (Å²) in [5.41, 5.74) is 1.49. The first kappa shape index (κ1) is 25.5. The van der Waals surface area contributed by atoms with E-state index in [4.69, 9.17) is 4.74 Å². The highest BCUT2D eigenvalue weighted by atomic mass is 32.2. The van der Waals surface area contributed by atoms with Crippen LogP contribution in [0.2, 0.25) is 0 Å². The minimum Gasteiger partial charge on any atom is -0.461 e. The lowest BCUT2D eigenvalue weighted by molar-refractivity contribution is -0.153. The summed E-state index contributed by atoms with van der Waals surface area (Å²) in [4.78, 5) is 44.3. The molecule has 11 heteroatoms. The van der Waals surface area contributed by atoms with E-state index in [1.165, 1.54) is 11.0 Å². The number of amides is 2. The second kappa shape index (κ2) is 9.94. The number of β-amino-alcohol motifs (C(OH)–C–C–N with tert-alkyl or cyclic N) is 1. The first-order valence-electron chi connectivity index (χ1n) is 12.4. The minimum absolute atomic E-state index is 0.00798. The van der Waals surface area contributed by atoms with Crippen molar-refractivity contribution in [1.82, 2.24) is 24.8 Å². The summed E-state index contributed by atoms with van der Waals surface area (Å²) in [5.74, 6) is -2.29. The molecular formula is C26H31N5O5S. The van der Waals surface area contributed by atoms with E-state index in [2.05, 4.69) is 23.5 Å². The van der Waals surface area contributed by atoms with E-state index >= 15 is 0 Å². The molecule has 196 valence electrons. The van der Waals surface area contributed by atoms with Crippen LogP contribution >= 0.6 is 11.8 Å². The molecule has 0 saturated carbocycles. The van der Waals surface area contributed by atoms with Crippen molar-refractivity contribution in [2.24, 2.45) is 17.8 Å². The summed E-state index contributed by atoms with van der Waals surface area (Å²) in [5, 5.41) is 18.1. The number of aliphatic hydroxyl groups is 1. The van der Waals surface area contributed by atoms with Gasteiger partial charge in [0, 0.05) is 18.3 Å². The van der Waals surface area contributed by atoms with Crippen LogP contribution in [0.1, 0.15) is 13.3 Å². The summed E-state index contributed by atoms with van der Waals surface area (Å²) < 4.78 is 6.24. The number of benzene rings is 1. The van der Waals surface area contributed by atoms with Crippen LogP contribution in [0, 0.1) is 17.8 Å². The number of ether oxygens (including phenoxy) is 1. The van der Waals surface area contributed by atoms with Crippen molar-refractivity contribution in [3.8, 4) is 0 Å². The van der Waals surface area contributed by atoms with Crippen LogP contribution in [0.25, 0.3) is 11.0 Å². The molecular weight excluding hydrogens is 494 g/mol. The van der Waals surface area contributed by atoms with Crippen LogP contribution in [0.3, 0.4) is 0 Å². The van der Waals surface area contributed by atoms with Crippen molar-refractivity contribution in [2.75, 3.05) is 26.3 Å². The number of thioether (sulfide) groups is 1. The molecule has 2 aromatic rings. The van der Waals surface area contributed by atoms with E-state index in [9.17, 15) is 19.5 Å². The van der Waals surface area contributed by atoms with Crippen LogP contribution in [-0.4, -0.2) is 90.0 Å². The van der Waals surface area contributed by atoms with Gasteiger partial charge >= 0.3 is 5.97 Å². The van der Waals surface area contributed by atoms with Crippen molar-refractivity contribution < 1.29 is 24.2 Å². The highest BCUT2D eigenvalue weighted by molar-refractivity contribution is 8.02. The topological polar surface area (TPSA) is 118 Å². The Morgan fingerprint density at radius 3 is 2.84 bits per heavy atom. The molecule has 3 aliphatic heterocycles. The van der Waals surface area contributed by atoms with Gasteiger partial charge in [-0.1, -0.05) is 43.0 Å². The quantitative estimate of drug-likeness (QED) is 0.366. The van der Waals surface area contributed by atoms with E-state index in [-0.39, 0.29) is 56.0 Å². The third kappa shape index (κ3) is 3.86. The number of esters is 1. The Morgan fingerprint density at radius 1 is 1.32 bits per heavy atom. The van der Waals surface area contributed by atoms with Crippen molar-refractivity contribution in [2.45, 2.75) is 36.1 Å². The molecule has 2 bridgehead atoms. The maximum atomic E-state index is 14.3. The molecule has 3 fully saturated rings. The van der Waals surface area contributed by atoms with E-state index in [0.717, 1.165) is 5.52 Å². The van der Waals surface area contributed by atoms with Gasteiger partial charge in [0.15, 0.2) is 0 Å². The summed E-state index contributed by atoms with van der Waals surface area (Å²) in [7, 11) is 0. The van der Waals surface area contributed by atoms with Gasteiger partial charge in [-0.25, -0.2) is 4.68 Å². The predicted molar refractivity (Wildman–Crippen MR) is 138 cm³/mol. The van der Waals surface area contributed by atoms with Gasteiger partial charge in [0.25, 0.3) is 0 Å². The van der Waals surface area contributed by atoms with E-state index in [1.807, 2.05) is 31.2 Å². The predicted octanol–water partition coefficient (Wildman–Crippen LogP) is 1.46. The second-order valence-electron chi connectivity index (χ2n) is 9.79. The first-order chi connectivity index (χ1) is 17.9. The fraction of sp³-hybridized carbons (Fsp3) is 0.500. The highest BCUT2D eigenvalue weighted by Crippen LogP contribution is 2.68. The first-order valence-corrected chi connectivity index (χ1v) is 13.3. The number of aliphatic hydroxyl groups excluding tert-OH is 1. The maximum absolute atomic E-state index is 14.3. The van der Waals surface area contributed by atoms with Gasteiger partial charge in [-0.3, -0.25) is 14.4 Å². The van der Waals surface area contributed by atoms with Crippen LogP contribution in [0.5, 0.6) is 0 Å². The lowest BCUT2D eigenvalue weighted by Crippen LogP contribution is -2.57. The summed E-state index contributed by atoms with van der Waals surface area (Å²) in [6.07, 6.45) is 3.84.